The van der Waals surface area contributed by atoms with Crippen LogP contribution in [-0.4, -0.2) is 23.8 Å². The Hall–Kier alpha value is -4.41. The molecular formula is C29H22ClFN2O4. The van der Waals surface area contributed by atoms with E-state index in [2.05, 4.69) is 0 Å². The van der Waals surface area contributed by atoms with Crippen molar-refractivity contribution in [1.29, 1.82) is 5.26 Å². The molecule has 0 bridgehead atoms. The van der Waals surface area contributed by atoms with Crippen LogP contribution in [0.15, 0.2) is 83.4 Å². The Morgan fingerprint density at radius 3 is 2.43 bits per heavy atom. The lowest BCUT2D eigenvalue weighted by atomic mass is 9.93. The zero-order chi connectivity index (χ0) is 26.5. The topological polar surface area (TPSA) is 79.6 Å². The highest BCUT2D eigenvalue weighted by atomic mass is 35.5. The molecule has 3 aromatic rings. The Morgan fingerprint density at radius 2 is 1.76 bits per heavy atom. The lowest BCUT2D eigenvalue weighted by Gasteiger charge is -2.27. The summed E-state index contributed by atoms with van der Waals surface area (Å²) >= 11 is 6.24. The van der Waals surface area contributed by atoms with E-state index in [4.69, 9.17) is 21.1 Å². The number of carbonyl (C=O) groups excluding carboxylic acids is 2. The number of hydrogen-bond donors (Lipinski definition) is 0. The molecule has 0 aromatic heterocycles. The summed E-state index contributed by atoms with van der Waals surface area (Å²) in [6.45, 7) is 1.72. The third kappa shape index (κ3) is 5.55. The molecule has 4 rings (SSSR count). The largest absolute Gasteiger partial charge is 0.493 e. The van der Waals surface area contributed by atoms with Crippen LogP contribution in [0.4, 0.5) is 4.39 Å². The first-order valence-corrected chi connectivity index (χ1v) is 11.7. The fourth-order valence-electron chi connectivity index (χ4n) is 3.87. The van der Waals surface area contributed by atoms with Crippen LogP contribution in [0.5, 0.6) is 11.5 Å². The predicted molar refractivity (Wildman–Crippen MR) is 137 cm³/mol. The first kappa shape index (κ1) is 25.7. The molecule has 0 atom stereocenters. The molecule has 0 saturated heterocycles. The summed E-state index contributed by atoms with van der Waals surface area (Å²) in [7, 11) is 1.49. The molecule has 0 spiro atoms. The minimum Gasteiger partial charge on any atom is -0.493 e. The van der Waals surface area contributed by atoms with Crippen molar-refractivity contribution in [3.05, 3.63) is 111 Å². The van der Waals surface area contributed by atoms with Crippen molar-refractivity contribution in [2.45, 2.75) is 20.1 Å². The quantitative estimate of drug-likeness (QED) is 0.290. The summed E-state index contributed by atoms with van der Waals surface area (Å²) in [5, 5.41) is 10.1. The number of nitriles is 1. The van der Waals surface area contributed by atoms with E-state index >= 15 is 0 Å². The first-order valence-electron chi connectivity index (χ1n) is 11.3. The van der Waals surface area contributed by atoms with Crippen LogP contribution in [0.2, 0.25) is 5.02 Å². The van der Waals surface area contributed by atoms with Gasteiger partial charge in [0.05, 0.1) is 13.7 Å². The van der Waals surface area contributed by atoms with E-state index in [9.17, 15) is 19.2 Å². The van der Waals surface area contributed by atoms with Crippen molar-refractivity contribution in [1.82, 2.24) is 4.90 Å². The number of benzene rings is 3. The molecule has 0 unspecified atom stereocenters. The maximum Gasteiger partial charge on any atom is 0.271 e. The highest BCUT2D eigenvalue weighted by Gasteiger charge is 2.35. The zero-order valence-corrected chi connectivity index (χ0v) is 20.9. The monoisotopic (exact) mass is 516 g/mol. The van der Waals surface area contributed by atoms with Crippen molar-refractivity contribution < 1.29 is 23.5 Å². The lowest BCUT2D eigenvalue weighted by molar-refractivity contribution is -0.141. The van der Waals surface area contributed by atoms with Crippen LogP contribution in [0, 0.1) is 17.1 Å². The second kappa shape index (κ2) is 11.1. The summed E-state index contributed by atoms with van der Waals surface area (Å²) in [5.74, 6) is -0.636. The predicted octanol–water partition coefficient (Wildman–Crippen LogP) is 5.86. The molecule has 6 nitrogen and oxygen atoms in total. The molecule has 37 heavy (non-hydrogen) atoms. The highest BCUT2D eigenvalue weighted by Crippen LogP contribution is 2.33. The number of rotatable bonds is 7. The van der Waals surface area contributed by atoms with Gasteiger partial charge in [0.25, 0.3) is 11.8 Å². The molecule has 1 aliphatic rings. The number of imide groups is 1. The molecule has 1 aliphatic heterocycles. The Morgan fingerprint density at radius 1 is 1.03 bits per heavy atom. The van der Waals surface area contributed by atoms with Gasteiger partial charge in [0, 0.05) is 10.6 Å². The van der Waals surface area contributed by atoms with E-state index in [0.29, 0.717) is 33.2 Å². The summed E-state index contributed by atoms with van der Waals surface area (Å²) in [6.07, 6.45) is 1.60. The number of hydrogen-bond acceptors (Lipinski definition) is 5. The summed E-state index contributed by atoms with van der Waals surface area (Å²) in [5.41, 5.74) is 2.39. The molecule has 1 heterocycles. The average molecular weight is 517 g/mol. The Labute approximate surface area is 218 Å². The molecule has 2 amide bonds. The fraction of sp³-hybridized carbons (Fsp3) is 0.138. The summed E-state index contributed by atoms with van der Waals surface area (Å²) in [6, 6.07) is 19.9. The average Bonchev–Trinajstić information content (AvgIpc) is 2.90. The Balaban J connectivity index is 1.64. The number of methoxy groups -OCH3 is 1. The third-order valence-corrected chi connectivity index (χ3v) is 6.29. The number of ether oxygens (including phenoxy) is 2. The first-order chi connectivity index (χ1) is 17.8. The maximum atomic E-state index is 13.4. The van der Waals surface area contributed by atoms with Gasteiger partial charge in [0.15, 0.2) is 11.5 Å². The normalized spacial score (nSPS) is 14.7. The van der Waals surface area contributed by atoms with Crippen molar-refractivity contribution in [2.24, 2.45) is 0 Å². The number of nitrogens with zero attached hydrogens (tertiary/aromatic N) is 2. The van der Waals surface area contributed by atoms with E-state index < -0.39 is 11.8 Å². The van der Waals surface area contributed by atoms with Crippen molar-refractivity contribution in [2.75, 3.05) is 7.11 Å². The number of carbonyl (C=O) groups is 2. The zero-order valence-electron chi connectivity index (χ0n) is 20.1. The smallest absolute Gasteiger partial charge is 0.271 e. The molecule has 0 saturated carbocycles. The molecule has 0 fully saturated rings. The SMILES string of the molecule is COc1cc(/C=C2/C(=O)N(Cc3ccccc3Cl)C(=O)C(C#N)=C2C)ccc1OCc1ccc(F)cc1. The standard InChI is InChI=1S/C29H22ClFN2O4/c1-18-23(28(34)33(29(35)24(18)15-32)16-21-5-3-4-6-25(21)30)13-20-9-12-26(27(14-20)36-2)37-17-19-7-10-22(31)11-8-19/h3-14H,16-17H2,1-2H3/b23-13+. The lowest BCUT2D eigenvalue weighted by Crippen LogP contribution is -2.42. The minimum atomic E-state index is -0.663. The van der Waals surface area contributed by atoms with Gasteiger partial charge in [-0.1, -0.05) is 48.0 Å². The molecule has 186 valence electrons. The van der Waals surface area contributed by atoms with Crippen LogP contribution >= 0.6 is 11.6 Å². The van der Waals surface area contributed by atoms with Gasteiger partial charge in [-0.2, -0.15) is 5.26 Å². The molecular weight excluding hydrogens is 495 g/mol. The third-order valence-electron chi connectivity index (χ3n) is 5.92. The molecule has 3 aromatic carbocycles. The van der Waals surface area contributed by atoms with Gasteiger partial charge in [-0.05, 0) is 65.6 Å². The van der Waals surface area contributed by atoms with Gasteiger partial charge in [-0.15, -0.1) is 0 Å². The molecule has 0 aliphatic carbocycles. The van der Waals surface area contributed by atoms with E-state index in [-0.39, 0.29) is 30.1 Å². The van der Waals surface area contributed by atoms with Crippen molar-refractivity contribution in [3.8, 4) is 17.6 Å². The van der Waals surface area contributed by atoms with E-state index in [1.165, 1.54) is 19.2 Å². The van der Waals surface area contributed by atoms with Crippen LogP contribution in [-0.2, 0) is 22.7 Å². The number of amides is 2. The molecule has 0 radical (unpaired) electrons. The van der Waals surface area contributed by atoms with Crippen LogP contribution in [0.25, 0.3) is 6.08 Å². The van der Waals surface area contributed by atoms with E-state index in [0.717, 1.165) is 10.5 Å². The fourth-order valence-corrected chi connectivity index (χ4v) is 4.07. The van der Waals surface area contributed by atoms with Gasteiger partial charge < -0.3 is 9.47 Å². The minimum absolute atomic E-state index is 0.0629. The maximum absolute atomic E-state index is 13.4. The Kier molecular flexibility index (Phi) is 7.71. The van der Waals surface area contributed by atoms with Crippen LogP contribution in [0.3, 0.4) is 0 Å². The molecule has 0 N–H and O–H groups in total. The van der Waals surface area contributed by atoms with E-state index in [1.807, 2.05) is 6.07 Å². The summed E-state index contributed by atoms with van der Waals surface area (Å²) in [4.78, 5) is 27.4. The second-order valence-corrected chi connectivity index (χ2v) is 8.69. The van der Waals surface area contributed by atoms with Gasteiger partial charge in [-0.25, -0.2) is 4.39 Å². The van der Waals surface area contributed by atoms with Gasteiger partial charge in [0.2, 0.25) is 0 Å². The van der Waals surface area contributed by atoms with Crippen LogP contribution < -0.4 is 9.47 Å². The summed E-state index contributed by atoms with van der Waals surface area (Å²) < 4.78 is 24.4. The van der Waals surface area contributed by atoms with Crippen molar-refractivity contribution in [3.63, 3.8) is 0 Å². The van der Waals surface area contributed by atoms with Crippen molar-refractivity contribution >= 4 is 29.5 Å². The highest BCUT2D eigenvalue weighted by molar-refractivity contribution is 6.31. The van der Waals surface area contributed by atoms with E-state index in [1.54, 1.807) is 67.6 Å². The van der Waals surface area contributed by atoms with Crippen LogP contribution in [0.1, 0.15) is 23.6 Å². The van der Waals surface area contributed by atoms with Gasteiger partial charge in [-0.3, -0.25) is 14.5 Å². The molecule has 8 heteroatoms. The second-order valence-electron chi connectivity index (χ2n) is 8.28. The van der Waals surface area contributed by atoms with Gasteiger partial charge in [0.1, 0.15) is 24.1 Å². The Bertz CT molecular complexity index is 1470. The number of halogens is 2. The van der Waals surface area contributed by atoms with Gasteiger partial charge >= 0.3 is 0 Å².